The maximum Gasteiger partial charge on any atom is 0.168 e. The lowest BCUT2D eigenvalue weighted by Gasteiger charge is -2.25. The lowest BCUT2D eigenvalue weighted by atomic mass is 9.87. The van der Waals surface area contributed by atoms with Gasteiger partial charge in [0.1, 0.15) is 23.7 Å². The summed E-state index contributed by atoms with van der Waals surface area (Å²) < 4.78 is 5.86. The van der Waals surface area contributed by atoms with E-state index < -0.39 is 6.10 Å². The highest BCUT2D eigenvalue weighted by molar-refractivity contribution is 7.12. The van der Waals surface area contributed by atoms with Gasteiger partial charge < -0.3 is 25.4 Å². The molecule has 0 saturated heterocycles. The Kier molecular flexibility index (Phi) is 5.68. The lowest BCUT2D eigenvalue weighted by Crippen LogP contribution is -2.44. The number of fused-ring (bicyclic) bond motifs is 1. The van der Waals surface area contributed by atoms with Crippen molar-refractivity contribution in [1.29, 1.82) is 0 Å². The minimum Gasteiger partial charge on any atom is -0.508 e. The smallest absolute Gasteiger partial charge is 0.168 e. The van der Waals surface area contributed by atoms with Gasteiger partial charge in [-0.05, 0) is 56.0 Å². The maximum atomic E-state index is 12.7. The molecule has 0 bridgehead atoms. The third kappa shape index (κ3) is 3.93. The van der Waals surface area contributed by atoms with Crippen LogP contribution in [0.25, 0.3) is 0 Å². The molecule has 0 radical (unpaired) electrons. The number of phenols is 1. The first kappa shape index (κ1) is 19.4. The molecule has 1 heterocycles. The molecule has 150 valence electrons. The number of carbonyl (C=O) groups excluding carboxylic acids is 1. The molecule has 0 aliphatic heterocycles. The Morgan fingerprint density at radius 2 is 1.96 bits per heavy atom. The fourth-order valence-corrected chi connectivity index (χ4v) is 5.14. The van der Waals surface area contributed by atoms with E-state index >= 15 is 0 Å². The van der Waals surface area contributed by atoms with Gasteiger partial charge in [-0.1, -0.05) is 0 Å². The molecule has 1 aromatic carbocycles. The molecule has 2 aromatic rings. The fourth-order valence-electron chi connectivity index (χ4n) is 4.10. The van der Waals surface area contributed by atoms with Crippen LogP contribution in [0.15, 0.2) is 30.3 Å². The molecule has 4 rings (SSSR count). The van der Waals surface area contributed by atoms with Crippen LogP contribution in [0.5, 0.6) is 11.5 Å². The lowest BCUT2D eigenvalue weighted by molar-refractivity contribution is 0.0441. The van der Waals surface area contributed by atoms with E-state index in [9.17, 15) is 20.1 Å². The number of hydrogen-bond donors (Lipinski definition) is 4. The molecule has 2 aliphatic rings. The number of aromatic hydroxyl groups is 1. The summed E-state index contributed by atoms with van der Waals surface area (Å²) in [5.41, 5.74) is 0.757. The number of ether oxygens (including phenoxy) is 1. The average Bonchev–Trinajstić information content (AvgIpc) is 3.28. The van der Waals surface area contributed by atoms with E-state index in [1.165, 1.54) is 11.3 Å². The number of carbonyl (C=O) groups is 1. The van der Waals surface area contributed by atoms with Gasteiger partial charge in [0, 0.05) is 33.8 Å². The van der Waals surface area contributed by atoms with Crippen molar-refractivity contribution in [2.75, 3.05) is 6.54 Å². The molecule has 7 heteroatoms. The summed E-state index contributed by atoms with van der Waals surface area (Å²) in [6.07, 6.45) is 2.21. The van der Waals surface area contributed by atoms with Crippen LogP contribution in [0.3, 0.4) is 0 Å². The second kappa shape index (κ2) is 8.21. The number of nitrogens with one attached hydrogen (secondary N) is 1. The topological polar surface area (TPSA) is 99.0 Å². The number of rotatable bonds is 6. The quantitative estimate of drug-likeness (QED) is 0.591. The second-order valence-electron chi connectivity index (χ2n) is 7.54. The number of hydrogen-bond acceptors (Lipinski definition) is 7. The first-order chi connectivity index (χ1) is 13.5. The molecule has 4 N–H and O–H groups in total. The first-order valence-corrected chi connectivity index (χ1v) is 10.5. The minimum absolute atomic E-state index is 0.0233. The summed E-state index contributed by atoms with van der Waals surface area (Å²) in [5.74, 6) is 0.831. The van der Waals surface area contributed by atoms with E-state index in [0.717, 1.165) is 41.0 Å². The van der Waals surface area contributed by atoms with Crippen molar-refractivity contribution >= 4 is 17.1 Å². The van der Waals surface area contributed by atoms with Crippen molar-refractivity contribution in [3.8, 4) is 11.5 Å². The number of aliphatic hydroxyl groups is 2. The zero-order valence-corrected chi connectivity index (χ0v) is 16.3. The normalized spacial score (nSPS) is 27.0. The molecule has 4 atom stereocenters. The van der Waals surface area contributed by atoms with Crippen LogP contribution in [0.4, 0.5) is 0 Å². The van der Waals surface area contributed by atoms with Crippen LogP contribution in [0.2, 0.25) is 0 Å². The van der Waals surface area contributed by atoms with Crippen molar-refractivity contribution in [3.63, 3.8) is 0 Å². The average molecular weight is 404 g/mol. The predicted octanol–water partition coefficient (Wildman–Crippen LogP) is 2.25. The second-order valence-corrected chi connectivity index (χ2v) is 8.76. The molecule has 1 aromatic heterocycles. The molecule has 0 spiro atoms. The summed E-state index contributed by atoms with van der Waals surface area (Å²) in [6, 6.07) is 8.20. The van der Waals surface area contributed by atoms with Gasteiger partial charge in [-0.25, -0.2) is 0 Å². The summed E-state index contributed by atoms with van der Waals surface area (Å²) in [5, 5.41) is 32.6. The highest BCUT2D eigenvalue weighted by Crippen LogP contribution is 2.33. The van der Waals surface area contributed by atoms with Crippen molar-refractivity contribution < 1.29 is 24.9 Å². The molecular formula is C21H25NO5S. The van der Waals surface area contributed by atoms with Crippen LogP contribution < -0.4 is 10.1 Å². The number of benzene rings is 1. The summed E-state index contributed by atoms with van der Waals surface area (Å²) >= 11 is 1.52. The molecule has 0 amide bonds. The van der Waals surface area contributed by atoms with Crippen LogP contribution in [0.1, 0.15) is 39.4 Å². The monoisotopic (exact) mass is 403 g/mol. The van der Waals surface area contributed by atoms with E-state index in [1.54, 1.807) is 24.3 Å². The molecule has 28 heavy (non-hydrogen) atoms. The van der Waals surface area contributed by atoms with Crippen LogP contribution in [-0.4, -0.2) is 45.9 Å². The number of phenolic OH excluding ortho intramolecular Hbond substituents is 1. The summed E-state index contributed by atoms with van der Waals surface area (Å²) in [7, 11) is 0. The zero-order valence-electron chi connectivity index (χ0n) is 15.5. The number of ketones is 1. The van der Waals surface area contributed by atoms with Gasteiger partial charge in [0.05, 0.1) is 6.61 Å². The van der Waals surface area contributed by atoms with Gasteiger partial charge in [-0.3, -0.25) is 4.79 Å². The van der Waals surface area contributed by atoms with E-state index in [0.29, 0.717) is 12.3 Å². The van der Waals surface area contributed by atoms with E-state index in [4.69, 9.17) is 4.74 Å². The predicted molar refractivity (Wildman–Crippen MR) is 106 cm³/mol. The zero-order chi connectivity index (χ0) is 19.7. The van der Waals surface area contributed by atoms with Crippen molar-refractivity contribution in [3.05, 3.63) is 45.6 Å². The van der Waals surface area contributed by atoms with Crippen molar-refractivity contribution in [2.45, 2.75) is 50.5 Å². The molecule has 4 unspecified atom stereocenters. The SMILES string of the molecule is O=C1c2cc(CO)sc2CCC1CNC1CCC(Oc2ccc(O)cc2)C1O. The Morgan fingerprint density at radius 1 is 1.18 bits per heavy atom. The van der Waals surface area contributed by atoms with Crippen molar-refractivity contribution in [2.24, 2.45) is 5.92 Å². The van der Waals surface area contributed by atoms with Gasteiger partial charge in [-0.15, -0.1) is 11.3 Å². The largest absolute Gasteiger partial charge is 0.508 e. The van der Waals surface area contributed by atoms with Crippen LogP contribution in [-0.2, 0) is 13.0 Å². The van der Waals surface area contributed by atoms with E-state index in [2.05, 4.69) is 5.32 Å². The Bertz CT molecular complexity index is 834. The third-order valence-corrected chi connectivity index (χ3v) is 6.86. The number of aryl methyl sites for hydroxylation is 1. The number of thiophene rings is 1. The van der Waals surface area contributed by atoms with Gasteiger partial charge in [-0.2, -0.15) is 0 Å². The Balaban J connectivity index is 1.31. The Labute approximate surface area is 167 Å². The summed E-state index contributed by atoms with van der Waals surface area (Å²) in [4.78, 5) is 14.7. The van der Waals surface area contributed by atoms with Gasteiger partial charge in [0.15, 0.2) is 5.78 Å². The molecule has 6 nitrogen and oxygen atoms in total. The first-order valence-electron chi connectivity index (χ1n) is 9.69. The van der Waals surface area contributed by atoms with E-state index in [-0.39, 0.29) is 36.2 Å². The van der Waals surface area contributed by atoms with E-state index in [1.807, 2.05) is 6.07 Å². The van der Waals surface area contributed by atoms with Gasteiger partial charge >= 0.3 is 0 Å². The molecule has 1 saturated carbocycles. The van der Waals surface area contributed by atoms with Crippen molar-refractivity contribution in [1.82, 2.24) is 5.32 Å². The fraction of sp³-hybridized carbons (Fsp3) is 0.476. The molecule has 2 aliphatic carbocycles. The Hall–Kier alpha value is -1.93. The van der Waals surface area contributed by atoms with Gasteiger partial charge in [0.2, 0.25) is 0 Å². The van der Waals surface area contributed by atoms with Crippen LogP contribution in [0, 0.1) is 5.92 Å². The molecular weight excluding hydrogens is 378 g/mol. The Morgan fingerprint density at radius 3 is 2.71 bits per heavy atom. The minimum atomic E-state index is -0.648. The maximum absolute atomic E-state index is 12.7. The number of Topliss-reactive ketones (excluding diaryl/α,β-unsaturated/α-hetero) is 1. The van der Waals surface area contributed by atoms with Gasteiger partial charge in [0.25, 0.3) is 0 Å². The molecule has 1 fully saturated rings. The highest BCUT2D eigenvalue weighted by Gasteiger charge is 2.37. The number of aliphatic hydroxyl groups excluding tert-OH is 2. The van der Waals surface area contributed by atoms with Crippen LogP contribution >= 0.6 is 11.3 Å². The summed E-state index contributed by atoms with van der Waals surface area (Å²) in [6.45, 7) is 0.515. The standard InChI is InChI=1S/C21H25NO5S/c23-11-15-9-16-19(28-15)8-1-12(20(16)25)10-22-17-6-7-18(21(17)26)27-14-4-2-13(24)3-5-14/h2-5,9,12,17-18,21-24,26H,1,6-8,10-11H2. The highest BCUT2D eigenvalue weighted by atomic mass is 32.1. The third-order valence-electron chi connectivity index (χ3n) is 5.68.